The number of ether oxygens (including phenoxy) is 1. The molecule has 0 amide bonds. The van der Waals surface area contributed by atoms with Crippen LogP contribution in [0.1, 0.15) is 16.4 Å². The third-order valence-electron chi connectivity index (χ3n) is 3.25. The summed E-state index contributed by atoms with van der Waals surface area (Å²) in [5.74, 6) is -1.52. The van der Waals surface area contributed by atoms with Crippen molar-refractivity contribution in [3.05, 3.63) is 69.7 Å². The summed E-state index contributed by atoms with van der Waals surface area (Å²) in [6.45, 7) is 0. The maximum absolute atomic E-state index is 12.7. The standard InChI is InChI=1S/C16H14Cl2O4S/c1-22-15(19)10-23(20,21)16(11-2-6-13(17)7-3-11)12-4-8-14(18)9-5-12/h2-9,16H,10H2,1H3. The van der Waals surface area contributed by atoms with Gasteiger partial charge in [-0.2, -0.15) is 0 Å². The summed E-state index contributed by atoms with van der Waals surface area (Å²) in [5.41, 5.74) is 1.03. The number of rotatable bonds is 5. The van der Waals surface area contributed by atoms with Gasteiger partial charge in [-0.05, 0) is 35.4 Å². The van der Waals surface area contributed by atoms with E-state index in [0.29, 0.717) is 21.2 Å². The minimum absolute atomic E-state index is 0.494. The number of halogens is 2. The van der Waals surface area contributed by atoms with Crippen LogP contribution in [0.4, 0.5) is 0 Å². The first-order valence-corrected chi connectivity index (χ1v) is 9.10. The van der Waals surface area contributed by atoms with Crippen LogP contribution in [-0.4, -0.2) is 27.2 Å². The van der Waals surface area contributed by atoms with Crippen LogP contribution in [0.25, 0.3) is 0 Å². The average molecular weight is 373 g/mol. The van der Waals surface area contributed by atoms with E-state index >= 15 is 0 Å². The molecular formula is C16H14Cl2O4S. The van der Waals surface area contributed by atoms with Crippen molar-refractivity contribution in [2.45, 2.75) is 5.25 Å². The molecule has 0 spiro atoms. The fraction of sp³-hybridized carbons (Fsp3) is 0.188. The molecule has 0 saturated heterocycles. The molecule has 122 valence electrons. The van der Waals surface area contributed by atoms with Crippen LogP contribution in [0.5, 0.6) is 0 Å². The Morgan fingerprint density at radius 3 is 1.70 bits per heavy atom. The minimum atomic E-state index is -3.83. The van der Waals surface area contributed by atoms with Gasteiger partial charge in [0.05, 0.1) is 7.11 Å². The number of esters is 1. The monoisotopic (exact) mass is 372 g/mol. The predicted octanol–water partition coefficient (Wildman–Crippen LogP) is 3.67. The summed E-state index contributed by atoms with van der Waals surface area (Å²) in [7, 11) is -2.68. The van der Waals surface area contributed by atoms with Crippen LogP contribution in [0.15, 0.2) is 48.5 Å². The molecule has 0 heterocycles. The highest BCUT2D eigenvalue weighted by Gasteiger charge is 2.31. The lowest BCUT2D eigenvalue weighted by molar-refractivity contribution is -0.137. The molecule has 0 aliphatic carbocycles. The summed E-state index contributed by atoms with van der Waals surface area (Å²) in [6, 6.07) is 12.9. The maximum atomic E-state index is 12.7. The van der Waals surface area contributed by atoms with Crippen molar-refractivity contribution in [1.82, 2.24) is 0 Å². The Bertz CT molecular complexity index is 738. The lowest BCUT2D eigenvalue weighted by Crippen LogP contribution is -2.24. The number of carbonyl (C=O) groups is 1. The van der Waals surface area contributed by atoms with Gasteiger partial charge in [0.15, 0.2) is 9.84 Å². The molecule has 0 aliphatic rings. The van der Waals surface area contributed by atoms with Crippen LogP contribution in [0.3, 0.4) is 0 Å². The molecule has 0 unspecified atom stereocenters. The van der Waals surface area contributed by atoms with Gasteiger partial charge in [-0.15, -0.1) is 0 Å². The minimum Gasteiger partial charge on any atom is -0.468 e. The second-order valence-electron chi connectivity index (χ2n) is 4.87. The van der Waals surface area contributed by atoms with E-state index in [2.05, 4.69) is 4.74 Å². The van der Waals surface area contributed by atoms with E-state index in [1.165, 1.54) is 0 Å². The molecule has 4 nitrogen and oxygen atoms in total. The SMILES string of the molecule is COC(=O)CS(=O)(=O)C(c1ccc(Cl)cc1)c1ccc(Cl)cc1. The van der Waals surface area contributed by atoms with Crippen LogP contribution in [0, 0.1) is 0 Å². The summed E-state index contributed by atoms with van der Waals surface area (Å²) < 4.78 is 29.9. The van der Waals surface area contributed by atoms with Crippen molar-refractivity contribution >= 4 is 39.0 Å². The quantitative estimate of drug-likeness (QED) is 0.751. The highest BCUT2D eigenvalue weighted by Crippen LogP contribution is 2.32. The fourth-order valence-corrected chi connectivity index (χ4v) is 4.20. The number of sulfone groups is 1. The molecule has 0 atom stereocenters. The Morgan fingerprint density at radius 1 is 0.957 bits per heavy atom. The predicted molar refractivity (Wildman–Crippen MR) is 90.5 cm³/mol. The first-order chi connectivity index (χ1) is 10.8. The molecule has 0 fully saturated rings. The number of benzene rings is 2. The third kappa shape index (κ3) is 4.47. The van der Waals surface area contributed by atoms with E-state index in [0.717, 1.165) is 7.11 Å². The molecule has 7 heteroatoms. The molecule has 2 aromatic carbocycles. The molecule has 0 radical (unpaired) electrons. The van der Waals surface area contributed by atoms with Gasteiger partial charge >= 0.3 is 5.97 Å². The van der Waals surface area contributed by atoms with E-state index in [9.17, 15) is 13.2 Å². The van der Waals surface area contributed by atoms with Gasteiger partial charge in [0.25, 0.3) is 0 Å². The highest BCUT2D eigenvalue weighted by molar-refractivity contribution is 7.92. The van der Waals surface area contributed by atoms with E-state index in [-0.39, 0.29) is 0 Å². The number of hydrogen-bond acceptors (Lipinski definition) is 4. The molecule has 2 rings (SSSR count). The maximum Gasteiger partial charge on any atom is 0.320 e. The van der Waals surface area contributed by atoms with Gasteiger partial charge in [0, 0.05) is 10.0 Å². The van der Waals surface area contributed by atoms with Crippen molar-refractivity contribution < 1.29 is 17.9 Å². The van der Waals surface area contributed by atoms with E-state index < -0.39 is 26.8 Å². The van der Waals surface area contributed by atoms with Crippen LogP contribution < -0.4 is 0 Å². The van der Waals surface area contributed by atoms with Gasteiger partial charge in [-0.1, -0.05) is 47.5 Å². The van der Waals surface area contributed by atoms with Gasteiger partial charge in [-0.25, -0.2) is 8.42 Å². The molecule has 0 aromatic heterocycles. The van der Waals surface area contributed by atoms with Gasteiger partial charge in [0.2, 0.25) is 0 Å². The second-order valence-corrected chi connectivity index (χ2v) is 7.83. The van der Waals surface area contributed by atoms with E-state index in [1.54, 1.807) is 48.5 Å². The first kappa shape index (κ1) is 17.8. The van der Waals surface area contributed by atoms with Crippen LogP contribution in [0.2, 0.25) is 10.0 Å². The topological polar surface area (TPSA) is 60.4 Å². The molecule has 0 aliphatic heterocycles. The third-order valence-corrected chi connectivity index (χ3v) is 5.66. The summed E-state index contributed by atoms with van der Waals surface area (Å²) in [6.07, 6.45) is 0. The zero-order valence-corrected chi connectivity index (χ0v) is 14.5. The Hall–Kier alpha value is -1.56. The van der Waals surface area contributed by atoms with E-state index in [1.807, 2.05) is 0 Å². The van der Waals surface area contributed by atoms with Crippen molar-refractivity contribution in [2.75, 3.05) is 12.9 Å². The molecule has 0 saturated carbocycles. The molecular weight excluding hydrogens is 359 g/mol. The number of hydrogen-bond donors (Lipinski definition) is 0. The molecule has 0 bridgehead atoms. The molecule has 23 heavy (non-hydrogen) atoms. The highest BCUT2D eigenvalue weighted by atomic mass is 35.5. The Labute approximate surface area is 144 Å². The molecule has 0 N–H and O–H groups in total. The van der Waals surface area contributed by atoms with Crippen molar-refractivity contribution in [2.24, 2.45) is 0 Å². The van der Waals surface area contributed by atoms with Gasteiger partial charge in [0.1, 0.15) is 11.0 Å². The van der Waals surface area contributed by atoms with Gasteiger partial charge < -0.3 is 4.74 Å². The van der Waals surface area contributed by atoms with Crippen LogP contribution in [-0.2, 0) is 19.4 Å². The van der Waals surface area contributed by atoms with Gasteiger partial charge in [-0.3, -0.25) is 4.79 Å². The second kappa shape index (κ2) is 7.34. The lowest BCUT2D eigenvalue weighted by atomic mass is 10.0. The number of methoxy groups -OCH3 is 1. The Morgan fingerprint density at radius 2 is 1.35 bits per heavy atom. The Kier molecular flexibility index (Phi) is 5.68. The largest absolute Gasteiger partial charge is 0.468 e. The summed E-state index contributed by atoms with van der Waals surface area (Å²) >= 11 is 11.7. The number of carbonyl (C=O) groups excluding carboxylic acids is 1. The fourth-order valence-electron chi connectivity index (χ4n) is 2.19. The van der Waals surface area contributed by atoms with E-state index in [4.69, 9.17) is 23.2 Å². The van der Waals surface area contributed by atoms with Crippen molar-refractivity contribution in [3.8, 4) is 0 Å². The normalized spacial score (nSPS) is 11.5. The van der Waals surface area contributed by atoms with Crippen molar-refractivity contribution in [3.63, 3.8) is 0 Å². The zero-order valence-electron chi connectivity index (χ0n) is 12.2. The van der Waals surface area contributed by atoms with Crippen molar-refractivity contribution in [1.29, 1.82) is 0 Å². The van der Waals surface area contributed by atoms with Crippen LogP contribution >= 0.6 is 23.2 Å². The summed E-state index contributed by atoms with van der Waals surface area (Å²) in [5, 5.41) is -0.0147. The smallest absolute Gasteiger partial charge is 0.320 e. The Balaban J connectivity index is 2.53. The summed E-state index contributed by atoms with van der Waals surface area (Å²) in [4.78, 5) is 11.5. The first-order valence-electron chi connectivity index (χ1n) is 6.63. The molecule has 2 aromatic rings. The lowest BCUT2D eigenvalue weighted by Gasteiger charge is -2.18. The average Bonchev–Trinajstić information content (AvgIpc) is 2.50. The zero-order chi connectivity index (χ0) is 17.0.